The maximum absolute atomic E-state index is 5.77. The second-order valence-corrected chi connectivity index (χ2v) is 4.93. The Labute approximate surface area is 107 Å². The Morgan fingerprint density at radius 2 is 2.33 bits per heavy atom. The summed E-state index contributed by atoms with van der Waals surface area (Å²) >= 11 is 0. The molecule has 1 aliphatic rings. The van der Waals surface area contributed by atoms with Gasteiger partial charge in [0.25, 0.3) is 0 Å². The normalized spacial score (nSPS) is 20.4. The van der Waals surface area contributed by atoms with Crippen LogP contribution < -0.4 is 5.73 Å². The van der Waals surface area contributed by atoms with Crippen molar-refractivity contribution in [2.24, 2.45) is 5.73 Å². The Morgan fingerprint density at radius 3 is 3.06 bits per heavy atom. The van der Waals surface area contributed by atoms with Crippen molar-refractivity contribution in [1.29, 1.82) is 0 Å². The fourth-order valence-electron chi connectivity index (χ4n) is 2.60. The monoisotopic (exact) mass is 245 g/mol. The number of aromatic nitrogens is 2. The first-order chi connectivity index (χ1) is 8.79. The molecule has 96 valence electrons. The third-order valence-electron chi connectivity index (χ3n) is 3.74. The van der Waals surface area contributed by atoms with Gasteiger partial charge in [0.1, 0.15) is 11.9 Å². The fraction of sp³-hybridized carbons (Fsp3) is 0.500. The number of H-pyrrole nitrogens is 1. The average Bonchev–Trinajstić information content (AvgIpc) is 2.85. The summed E-state index contributed by atoms with van der Waals surface area (Å²) in [7, 11) is 0. The molecular weight excluding hydrogens is 226 g/mol. The van der Waals surface area contributed by atoms with Crippen LogP contribution in [0.3, 0.4) is 0 Å². The van der Waals surface area contributed by atoms with Gasteiger partial charge in [-0.1, -0.05) is 6.07 Å². The molecule has 1 saturated heterocycles. The van der Waals surface area contributed by atoms with E-state index < -0.39 is 0 Å². The molecule has 2 aromatic rings. The molecule has 4 nitrogen and oxygen atoms in total. The second kappa shape index (κ2) is 4.71. The Balaban J connectivity index is 2.02. The van der Waals surface area contributed by atoms with E-state index in [4.69, 9.17) is 15.5 Å². The van der Waals surface area contributed by atoms with Gasteiger partial charge in [-0.05, 0) is 43.4 Å². The average molecular weight is 245 g/mol. The molecule has 1 aromatic carbocycles. The molecule has 2 heterocycles. The predicted molar refractivity (Wildman–Crippen MR) is 71.3 cm³/mol. The first-order valence-electron chi connectivity index (χ1n) is 6.59. The van der Waals surface area contributed by atoms with Crippen molar-refractivity contribution in [3.8, 4) is 0 Å². The first-order valence-corrected chi connectivity index (χ1v) is 6.59. The predicted octanol–water partition coefficient (Wildman–Crippen LogP) is 2.57. The van der Waals surface area contributed by atoms with Crippen LogP contribution in [0.15, 0.2) is 12.1 Å². The number of aromatic amines is 1. The number of benzene rings is 1. The molecule has 0 spiro atoms. The number of nitrogens with two attached hydrogens (primary N) is 1. The smallest absolute Gasteiger partial charge is 0.136 e. The third-order valence-corrected chi connectivity index (χ3v) is 3.74. The molecule has 0 bridgehead atoms. The molecule has 1 atom stereocenters. The maximum Gasteiger partial charge on any atom is 0.136 e. The minimum atomic E-state index is 0.131. The van der Waals surface area contributed by atoms with Crippen LogP contribution in [0.2, 0.25) is 0 Å². The highest BCUT2D eigenvalue weighted by Crippen LogP contribution is 2.28. The van der Waals surface area contributed by atoms with Crippen LogP contribution in [0.4, 0.5) is 0 Å². The van der Waals surface area contributed by atoms with Gasteiger partial charge in [0.2, 0.25) is 0 Å². The summed E-state index contributed by atoms with van der Waals surface area (Å²) in [6.45, 7) is 3.48. The molecule has 1 fully saturated rings. The number of hydrogen-bond acceptors (Lipinski definition) is 3. The lowest BCUT2D eigenvalue weighted by molar-refractivity contribution is 0.0101. The highest BCUT2D eigenvalue weighted by Gasteiger charge is 2.20. The first kappa shape index (κ1) is 11.7. The minimum Gasteiger partial charge on any atom is -0.370 e. The van der Waals surface area contributed by atoms with Gasteiger partial charge in [0, 0.05) is 13.2 Å². The summed E-state index contributed by atoms with van der Waals surface area (Å²) < 4.78 is 5.77. The molecule has 1 unspecified atom stereocenters. The standard InChI is InChI=1S/C14H19N3O/c1-9-10(8-15)5-6-11-13(9)17-14(16-11)12-4-2-3-7-18-12/h5-6,12H,2-4,7-8,15H2,1H3,(H,16,17). The fourth-order valence-corrected chi connectivity index (χ4v) is 2.60. The highest BCUT2D eigenvalue weighted by molar-refractivity contribution is 5.80. The zero-order chi connectivity index (χ0) is 12.5. The highest BCUT2D eigenvalue weighted by atomic mass is 16.5. The van der Waals surface area contributed by atoms with Gasteiger partial charge < -0.3 is 15.5 Å². The number of aryl methyl sites for hydroxylation is 1. The van der Waals surface area contributed by atoms with Gasteiger partial charge in [0.05, 0.1) is 11.0 Å². The lowest BCUT2D eigenvalue weighted by atomic mass is 10.1. The van der Waals surface area contributed by atoms with Gasteiger partial charge in [-0.25, -0.2) is 4.98 Å². The van der Waals surface area contributed by atoms with E-state index in [2.05, 4.69) is 24.0 Å². The Kier molecular flexibility index (Phi) is 3.06. The number of rotatable bonds is 2. The quantitative estimate of drug-likeness (QED) is 0.854. The van der Waals surface area contributed by atoms with Crippen LogP contribution in [-0.2, 0) is 11.3 Å². The SMILES string of the molecule is Cc1c(CN)ccc2[nH]c(C3CCCCO3)nc12. The van der Waals surface area contributed by atoms with Crippen LogP contribution >= 0.6 is 0 Å². The summed E-state index contributed by atoms with van der Waals surface area (Å²) in [5.74, 6) is 0.960. The Bertz CT molecular complexity index is 555. The zero-order valence-corrected chi connectivity index (χ0v) is 10.7. The number of nitrogens with zero attached hydrogens (tertiary/aromatic N) is 1. The summed E-state index contributed by atoms with van der Waals surface area (Å²) in [5.41, 5.74) is 10.2. The molecule has 18 heavy (non-hydrogen) atoms. The molecule has 1 aliphatic heterocycles. The van der Waals surface area contributed by atoms with Crippen LogP contribution in [0.5, 0.6) is 0 Å². The van der Waals surface area contributed by atoms with Crippen molar-refractivity contribution in [3.63, 3.8) is 0 Å². The number of ether oxygens (including phenoxy) is 1. The van der Waals surface area contributed by atoms with E-state index in [1.54, 1.807) is 0 Å². The molecule has 0 amide bonds. The molecule has 3 N–H and O–H groups in total. The van der Waals surface area contributed by atoms with Crippen LogP contribution in [-0.4, -0.2) is 16.6 Å². The third kappa shape index (κ3) is 1.91. The van der Waals surface area contributed by atoms with Crippen molar-refractivity contribution in [1.82, 2.24) is 9.97 Å². The van der Waals surface area contributed by atoms with E-state index in [1.165, 1.54) is 12.0 Å². The molecular formula is C14H19N3O. The van der Waals surface area contributed by atoms with E-state index in [1.807, 2.05) is 0 Å². The molecule has 4 heteroatoms. The van der Waals surface area contributed by atoms with E-state index in [9.17, 15) is 0 Å². The van der Waals surface area contributed by atoms with E-state index >= 15 is 0 Å². The molecule has 1 aromatic heterocycles. The molecule has 0 radical (unpaired) electrons. The second-order valence-electron chi connectivity index (χ2n) is 4.93. The van der Waals surface area contributed by atoms with Gasteiger partial charge >= 0.3 is 0 Å². The minimum absolute atomic E-state index is 0.131. The number of imidazole rings is 1. The topological polar surface area (TPSA) is 63.9 Å². The molecule has 0 saturated carbocycles. The summed E-state index contributed by atoms with van der Waals surface area (Å²) in [6, 6.07) is 4.13. The van der Waals surface area contributed by atoms with Gasteiger partial charge in [0.15, 0.2) is 0 Å². The largest absolute Gasteiger partial charge is 0.370 e. The summed E-state index contributed by atoms with van der Waals surface area (Å²) in [6.07, 6.45) is 3.57. The molecule has 0 aliphatic carbocycles. The Hall–Kier alpha value is -1.39. The number of hydrogen-bond donors (Lipinski definition) is 2. The van der Waals surface area contributed by atoms with E-state index in [-0.39, 0.29) is 6.10 Å². The zero-order valence-electron chi connectivity index (χ0n) is 10.7. The van der Waals surface area contributed by atoms with Crippen LogP contribution in [0.1, 0.15) is 42.3 Å². The van der Waals surface area contributed by atoms with Crippen molar-refractivity contribution in [3.05, 3.63) is 29.1 Å². The van der Waals surface area contributed by atoms with Crippen LogP contribution in [0, 0.1) is 6.92 Å². The molecule has 3 rings (SSSR count). The van der Waals surface area contributed by atoms with Gasteiger partial charge in [-0.3, -0.25) is 0 Å². The maximum atomic E-state index is 5.77. The van der Waals surface area contributed by atoms with Crippen LogP contribution in [0.25, 0.3) is 11.0 Å². The van der Waals surface area contributed by atoms with Crippen molar-refractivity contribution in [2.75, 3.05) is 6.61 Å². The van der Waals surface area contributed by atoms with Crippen molar-refractivity contribution < 1.29 is 4.74 Å². The lowest BCUT2D eigenvalue weighted by Crippen LogP contribution is -2.12. The van der Waals surface area contributed by atoms with Gasteiger partial charge in [-0.15, -0.1) is 0 Å². The summed E-state index contributed by atoms with van der Waals surface area (Å²) in [5, 5.41) is 0. The Morgan fingerprint density at radius 1 is 1.44 bits per heavy atom. The van der Waals surface area contributed by atoms with E-state index in [0.717, 1.165) is 41.9 Å². The van der Waals surface area contributed by atoms with Gasteiger partial charge in [-0.2, -0.15) is 0 Å². The number of fused-ring (bicyclic) bond motifs is 1. The van der Waals surface area contributed by atoms with Crippen molar-refractivity contribution in [2.45, 2.75) is 38.8 Å². The van der Waals surface area contributed by atoms with Crippen molar-refractivity contribution >= 4 is 11.0 Å². The lowest BCUT2D eigenvalue weighted by Gasteiger charge is -2.20. The van der Waals surface area contributed by atoms with E-state index in [0.29, 0.717) is 6.54 Å². The summed E-state index contributed by atoms with van der Waals surface area (Å²) in [4.78, 5) is 8.09. The number of nitrogens with one attached hydrogen (secondary N) is 1.